The number of nitrogens with zero attached hydrogens (tertiary/aromatic N) is 4. The molecule has 2 aromatic heterocycles. The van der Waals surface area contributed by atoms with Gasteiger partial charge < -0.3 is 9.15 Å². The lowest BCUT2D eigenvalue weighted by molar-refractivity contribution is 0.0600. The lowest BCUT2D eigenvalue weighted by Gasteiger charge is -2.19. The molecule has 0 aliphatic carbocycles. The highest BCUT2D eigenvalue weighted by atomic mass is 16.5. The average Bonchev–Trinajstić information content (AvgIpc) is 3.34. The van der Waals surface area contributed by atoms with E-state index in [2.05, 4.69) is 21.9 Å². The van der Waals surface area contributed by atoms with Crippen LogP contribution in [0.25, 0.3) is 11.5 Å². The van der Waals surface area contributed by atoms with E-state index in [-0.39, 0.29) is 5.97 Å². The Morgan fingerprint density at radius 1 is 1.30 bits per heavy atom. The van der Waals surface area contributed by atoms with E-state index in [0.29, 0.717) is 18.0 Å². The first-order valence-corrected chi connectivity index (χ1v) is 8.95. The van der Waals surface area contributed by atoms with E-state index < -0.39 is 0 Å². The summed E-state index contributed by atoms with van der Waals surface area (Å²) in [6.07, 6.45) is 3.75. The monoisotopic (exact) mass is 368 g/mol. The fraction of sp³-hybridized carbons (Fsp3) is 0.350. The molecule has 3 aromatic rings. The van der Waals surface area contributed by atoms with Gasteiger partial charge in [-0.25, -0.2) is 9.78 Å². The van der Waals surface area contributed by atoms with Crippen LogP contribution in [0, 0.1) is 6.92 Å². The molecular formula is C20H24N4O3. The summed E-state index contributed by atoms with van der Waals surface area (Å²) in [6, 6.07) is 8.98. The van der Waals surface area contributed by atoms with Crippen LogP contribution in [0.5, 0.6) is 0 Å². The number of methoxy groups -OCH3 is 1. The molecule has 0 unspecified atom stereocenters. The second-order valence-corrected chi connectivity index (χ2v) is 6.23. The number of likely N-dealkylation sites (N-methyl/N-ethyl adjacent to an activating group) is 1. The largest absolute Gasteiger partial charge is 0.465 e. The van der Waals surface area contributed by atoms with Crippen LogP contribution in [0.3, 0.4) is 0 Å². The Balaban J connectivity index is 1.68. The Morgan fingerprint density at radius 3 is 2.70 bits per heavy atom. The first kappa shape index (κ1) is 18.8. The smallest absolute Gasteiger partial charge is 0.337 e. The lowest BCUT2D eigenvalue weighted by Crippen LogP contribution is -2.27. The third-order valence-electron chi connectivity index (χ3n) is 4.47. The van der Waals surface area contributed by atoms with Gasteiger partial charge in [0, 0.05) is 31.0 Å². The Kier molecular flexibility index (Phi) is 6.03. The van der Waals surface area contributed by atoms with Crippen molar-refractivity contribution in [3.05, 3.63) is 59.7 Å². The third-order valence-corrected chi connectivity index (χ3v) is 4.47. The van der Waals surface area contributed by atoms with Crippen molar-refractivity contribution < 1.29 is 13.9 Å². The minimum atomic E-state index is -0.360. The van der Waals surface area contributed by atoms with Crippen LogP contribution in [0.15, 0.2) is 47.1 Å². The van der Waals surface area contributed by atoms with E-state index in [9.17, 15) is 4.79 Å². The van der Waals surface area contributed by atoms with Crippen LogP contribution in [-0.2, 0) is 17.8 Å². The van der Waals surface area contributed by atoms with Gasteiger partial charge in [-0.05, 0) is 43.8 Å². The number of oxazole rings is 1. The molecule has 2 heterocycles. The van der Waals surface area contributed by atoms with Gasteiger partial charge in [-0.3, -0.25) is 9.58 Å². The number of hydrogen-bond acceptors (Lipinski definition) is 6. The molecule has 7 heteroatoms. The van der Waals surface area contributed by atoms with Crippen molar-refractivity contribution in [3.63, 3.8) is 0 Å². The fourth-order valence-corrected chi connectivity index (χ4v) is 2.80. The van der Waals surface area contributed by atoms with Crippen LogP contribution in [0.4, 0.5) is 0 Å². The van der Waals surface area contributed by atoms with Crippen molar-refractivity contribution in [1.29, 1.82) is 0 Å². The number of esters is 1. The van der Waals surface area contributed by atoms with Gasteiger partial charge in [-0.15, -0.1) is 0 Å². The lowest BCUT2D eigenvalue weighted by atomic mass is 10.1. The van der Waals surface area contributed by atoms with Gasteiger partial charge in [-0.1, -0.05) is 6.92 Å². The fourth-order valence-electron chi connectivity index (χ4n) is 2.80. The van der Waals surface area contributed by atoms with Crippen LogP contribution < -0.4 is 0 Å². The summed E-state index contributed by atoms with van der Waals surface area (Å²) in [6.45, 7) is 7.40. The summed E-state index contributed by atoms with van der Waals surface area (Å²) in [5.74, 6) is 1.00. The number of benzene rings is 1. The first-order chi connectivity index (χ1) is 13.1. The molecule has 0 saturated heterocycles. The number of hydrogen-bond donors (Lipinski definition) is 0. The summed E-state index contributed by atoms with van der Waals surface area (Å²) < 4.78 is 12.5. The maximum atomic E-state index is 11.5. The van der Waals surface area contributed by atoms with Gasteiger partial charge in [0.15, 0.2) is 0 Å². The second-order valence-electron chi connectivity index (χ2n) is 6.23. The Labute approximate surface area is 158 Å². The summed E-state index contributed by atoms with van der Waals surface area (Å²) in [5.41, 5.74) is 2.25. The van der Waals surface area contributed by atoms with Crippen molar-refractivity contribution in [3.8, 4) is 11.5 Å². The molecule has 3 rings (SSSR count). The van der Waals surface area contributed by atoms with Gasteiger partial charge in [0.2, 0.25) is 5.89 Å². The number of ether oxygens (including phenoxy) is 1. The highest BCUT2D eigenvalue weighted by Gasteiger charge is 2.15. The van der Waals surface area contributed by atoms with Gasteiger partial charge in [0.25, 0.3) is 0 Å². The maximum absolute atomic E-state index is 11.5. The summed E-state index contributed by atoms with van der Waals surface area (Å²) in [4.78, 5) is 18.5. The second kappa shape index (κ2) is 8.64. The standard InChI is InChI=1S/C20H24N4O3/c1-4-23(12-13-24-11-5-10-21-24)14-18-15(2)27-19(22-18)16-6-8-17(9-7-16)20(25)26-3/h5-11H,4,12-14H2,1-3H3. The van der Waals surface area contributed by atoms with Crippen LogP contribution in [-0.4, -0.2) is 45.8 Å². The molecule has 1 aromatic carbocycles. The average molecular weight is 368 g/mol. The number of aromatic nitrogens is 3. The van der Waals surface area contributed by atoms with Crippen LogP contribution >= 0.6 is 0 Å². The third kappa shape index (κ3) is 4.62. The van der Waals surface area contributed by atoms with Crippen molar-refractivity contribution in [2.45, 2.75) is 26.9 Å². The molecule has 0 aliphatic rings. The predicted molar refractivity (Wildman–Crippen MR) is 101 cm³/mol. The molecule has 0 aliphatic heterocycles. The number of carbonyl (C=O) groups excluding carboxylic acids is 1. The quantitative estimate of drug-likeness (QED) is 0.569. The first-order valence-electron chi connectivity index (χ1n) is 8.95. The number of rotatable bonds is 8. The van der Waals surface area contributed by atoms with E-state index in [0.717, 1.165) is 36.7 Å². The van der Waals surface area contributed by atoms with E-state index in [1.807, 2.05) is 36.0 Å². The zero-order chi connectivity index (χ0) is 19.2. The summed E-state index contributed by atoms with van der Waals surface area (Å²) in [7, 11) is 1.37. The molecule has 27 heavy (non-hydrogen) atoms. The van der Waals surface area contributed by atoms with Gasteiger partial charge >= 0.3 is 5.97 Å². The summed E-state index contributed by atoms with van der Waals surface area (Å²) >= 11 is 0. The Hall–Kier alpha value is -2.93. The number of carbonyl (C=O) groups is 1. The maximum Gasteiger partial charge on any atom is 0.337 e. The zero-order valence-electron chi connectivity index (χ0n) is 15.9. The van der Waals surface area contributed by atoms with Crippen LogP contribution in [0.2, 0.25) is 0 Å². The van der Waals surface area contributed by atoms with Crippen molar-refractivity contribution >= 4 is 5.97 Å². The zero-order valence-corrected chi connectivity index (χ0v) is 15.9. The van der Waals surface area contributed by atoms with Gasteiger partial charge in [-0.2, -0.15) is 5.10 Å². The highest BCUT2D eigenvalue weighted by molar-refractivity contribution is 5.89. The SMILES string of the molecule is CCN(CCn1cccn1)Cc1nc(-c2ccc(C(=O)OC)cc2)oc1C. The molecule has 0 radical (unpaired) electrons. The molecule has 0 spiro atoms. The molecule has 7 nitrogen and oxygen atoms in total. The Bertz CT molecular complexity index is 869. The molecule has 0 atom stereocenters. The minimum Gasteiger partial charge on any atom is -0.465 e. The van der Waals surface area contributed by atoms with Crippen molar-refractivity contribution in [2.75, 3.05) is 20.2 Å². The number of aryl methyl sites for hydroxylation is 1. The minimum absolute atomic E-state index is 0.360. The summed E-state index contributed by atoms with van der Waals surface area (Å²) in [5, 5.41) is 4.24. The molecule has 0 bridgehead atoms. The van der Waals surface area contributed by atoms with Crippen LogP contribution in [0.1, 0.15) is 28.7 Å². The normalized spacial score (nSPS) is 11.1. The molecule has 0 saturated carbocycles. The molecular weight excluding hydrogens is 344 g/mol. The Morgan fingerprint density at radius 2 is 2.07 bits per heavy atom. The van der Waals surface area contributed by atoms with Gasteiger partial charge in [0.05, 0.1) is 24.9 Å². The molecule has 142 valence electrons. The molecule has 0 N–H and O–H groups in total. The van der Waals surface area contributed by atoms with E-state index in [1.165, 1.54) is 7.11 Å². The van der Waals surface area contributed by atoms with Crippen molar-refractivity contribution in [1.82, 2.24) is 19.7 Å². The van der Waals surface area contributed by atoms with Gasteiger partial charge in [0.1, 0.15) is 5.76 Å². The van der Waals surface area contributed by atoms with E-state index in [4.69, 9.17) is 9.15 Å². The van der Waals surface area contributed by atoms with E-state index in [1.54, 1.807) is 18.3 Å². The highest BCUT2D eigenvalue weighted by Crippen LogP contribution is 2.23. The predicted octanol–water partition coefficient (Wildman–Crippen LogP) is 3.16. The van der Waals surface area contributed by atoms with E-state index >= 15 is 0 Å². The van der Waals surface area contributed by atoms with Crippen molar-refractivity contribution in [2.24, 2.45) is 0 Å². The molecule has 0 amide bonds. The topological polar surface area (TPSA) is 73.4 Å². The molecule has 0 fully saturated rings.